The Morgan fingerprint density at radius 1 is 0.788 bits per heavy atom. The predicted molar refractivity (Wildman–Crippen MR) is 211 cm³/mol. The maximum Gasteiger partial charge on any atom is 0.236 e. The smallest absolute Gasteiger partial charge is 0.236 e. The average molecular weight is 780 g/mol. The Morgan fingerprint density at radius 3 is 2.29 bits per heavy atom. The van der Waals surface area contributed by atoms with Gasteiger partial charge < -0.3 is 24.6 Å². The van der Waals surface area contributed by atoms with E-state index < -0.39 is 0 Å². The number of aromatic nitrogens is 2. The minimum absolute atomic E-state index is 0.0993. The minimum Gasteiger partial charge on any atom is -0.492 e. The maximum absolute atomic E-state index is 8.90. The first kappa shape index (κ1) is 38.2. The molecule has 1 aliphatic heterocycles. The molecule has 0 aliphatic carbocycles. The molecule has 0 unspecified atom stereocenters. The number of thioether (sulfide) groups is 1. The van der Waals surface area contributed by atoms with Crippen molar-refractivity contribution in [2.75, 3.05) is 45.6 Å². The highest BCUT2D eigenvalue weighted by atomic mass is 35.5. The second-order valence-corrected chi connectivity index (χ2v) is 14.4. The summed E-state index contributed by atoms with van der Waals surface area (Å²) >= 11 is 22.5. The standard InChI is InChI=1S/C40H41Cl3N4O4S/c1-52-32-20-27(22-45-23-32)25-50-39-30(24-47-16-2-3-17-47)21-36(41)40(46-39)51-26-29-6-4-8-34(37(29)42)35-9-5-7-33(38(35)43)28-10-12-31(13-11-28)49-19-15-44-14-18-48/h4-13,20-23,44,48H,2-3,14-19,24-26H2,1H3. The summed E-state index contributed by atoms with van der Waals surface area (Å²) in [5.74, 6) is 1.51. The highest BCUT2D eigenvalue weighted by Crippen LogP contribution is 2.41. The molecule has 0 amide bonds. The molecule has 1 fully saturated rings. The van der Waals surface area contributed by atoms with Gasteiger partial charge in [0.1, 0.15) is 30.6 Å². The molecule has 2 aromatic heterocycles. The van der Waals surface area contributed by atoms with Crippen molar-refractivity contribution in [2.45, 2.75) is 37.5 Å². The van der Waals surface area contributed by atoms with Gasteiger partial charge >= 0.3 is 0 Å². The topological polar surface area (TPSA) is 89.0 Å². The molecule has 1 saturated heterocycles. The number of ether oxygens (including phenoxy) is 3. The molecule has 0 atom stereocenters. The Kier molecular flexibility index (Phi) is 13.9. The van der Waals surface area contributed by atoms with E-state index >= 15 is 0 Å². The second kappa shape index (κ2) is 19.0. The summed E-state index contributed by atoms with van der Waals surface area (Å²) < 4.78 is 18.3. The summed E-state index contributed by atoms with van der Waals surface area (Å²) in [5.41, 5.74) is 6.05. The molecule has 8 nitrogen and oxygen atoms in total. The molecular weight excluding hydrogens is 739 g/mol. The van der Waals surface area contributed by atoms with E-state index in [2.05, 4.69) is 21.3 Å². The van der Waals surface area contributed by atoms with Gasteiger partial charge in [0.05, 0.1) is 16.7 Å². The number of nitrogens with zero attached hydrogens (tertiary/aromatic N) is 3. The fourth-order valence-electron chi connectivity index (χ4n) is 6.01. The third-order valence-electron chi connectivity index (χ3n) is 8.69. The van der Waals surface area contributed by atoms with Gasteiger partial charge in [-0.3, -0.25) is 9.88 Å². The van der Waals surface area contributed by atoms with E-state index in [0.29, 0.717) is 53.8 Å². The zero-order valence-corrected chi connectivity index (χ0v) is 32.0. The first-order chi connectivity index (χ1) is 25.4. The highest BCUT2D eigenvalue weighted by molar-refractivity contribution is 7.98. The molecule has 5 aromatic rings. The Labute approximate surface area is 324 Å². The van der Waals surface area contributed by atoms with Gasteiger partial charge in [-0.15, -0.1) is 11.8 Å². The van der Waals surface area contributed by atoms with Gasteiger partial charge in [0.2, 0.25) is 11.8 Å². The van der Waals surface area contributed by atoms with Crippen LogP contribution in [0.4, 0.5) is 0 Å². The molecule has 2 N–H and O–H groups in total. The van der Waals surface area contributed by atoms with E-state index in [-0.39, 0.29) is 19.1 Å². The van der Waals surface area contributed by atoms with Crippen molar-refractivity contribution in [2.24, 2.45) is 0 Å². The van der Waals surface area contributed by atoms with Crippen LogP contribution in [0.25, 0.3) is 22.3 Å². The Balaban J connectivity index is 1.18. The van der Waals surface area contributed by atoms with Crippen LogP contribution in [-0.2, 0) is 19.8 Å². The molecular formula is C40H41Cl3N4O4S. The number of nitrogens with one attached hydrogen (secondary N) is 1. The van der Waals surface area contributed by atoms with Crippen molar-refractivity contribution in [3.63, 3.8) is 0 Å². The van der Waals surface area contributed by atoms with Gasteiger partial charge in [-0.25, -0.2) is 0 Å². The second-order valence-electron chi connectivity index (χ2n) is 12.3. The molecule has 0 spiro atoms. The maximum atomic E-state index is 8.90. The lowest BCUT2D eigenvalue weighted by molar-refractivity contribution is 0.257. The van der Waals surface area contributed by atoms with Gasteiger partial charge in [-0.05, 0) is 62.0 Å². The molecule has 1 aliphatic rings. The van der Waals surface area contributed by atoms with E-state index in [1.807, 2.05) is 79.2 Å². The first-order valence-electron chi connectivity index (χ1n) is 17.2. The zero-order chi connectivity index (χ0) is 36.3. The molecule has 3 heterocycles. The molecule has 3 aromatic carbocycles. The zero-order valence-electron chi connectivity index (χ0n) is 28.9. The third-order valence-corrected chi connectivity index (χ3v) is 10.5. The number of hydrogen-bond donors (Lipinski definition) is 2. The summed E-state index contributed by atoms with van der Waals surface area (Å²) in [7, 11) is 0. The highest BCUT2D eigenvalue weighted by Gasteiger charge is 2.20. The SMILES string of the molecule is CSc1cncc(COc2nc(OCc3cccc(-c4cccc(-c5ccc(OCCNCCO)cc5)c4Cl)c3Cl)c(Cl)cc2CN2CCCC2)c1. The number of aliphatic hydroxyl groups is 1. The first-order valence-corrected chi connectivity index (χ1v) is 19.6. The van der Waals surface area contributed by atoms with Crippen LogP contribution in [0.3, 0.4) is 0 Å². The third kappa shape index (κ3) is 9.90. The van der Waals surface area contributed by atoms with Crippen molar-refractivity contribution in [3.05, 3.63) is 117 Å². The summed E-state index contributed by atoms with van der Waals surface area (Å²) in [6, 6.07) is 23.5. The fourth-order valence-corrected chi connectivity index (χ4v) is 7.29. The van der Waals surface area contributed by atoms with E-state index in [0.717, 1.165) is 62.7 Å². The number of aliphatic hydroxyl groups excluding tert-OH is 1. The average Bonchev–Trinajstić information content (AvgIpc) is 3.68. The van der Waals surface area contributed by atoms with Crippen LogP contribution in [0.2, 0.25) is 15.1 Å². The number of hydrogen-bond acceptors (Lipinski definition) is 9. The van der Waals surface area contributed by atoms with Crippen LogP contribution in [-0.4, -0.2) is 65.6 Å². The van der Waals surface area contributed by atoms with Gasteiger partial charge in [-0.2, -0.15) is 4.98 Å². The van der Waals surface area contributed by atoms with E-state index in [1.165, 1.54) is 12.8 Å². The lowest BCUT2D eigenvalue weighted by Crippen LogP contribution is -2.23. The normalized spacial score (nSPS) is 13.0. The van der Waals surface area contributed by atoms with Crippen LogP contribution in [0, 0.1) is 0 Å². The van der Waals surface area contributed by atoms with E-state index in [4.69, 9.17) is 59.1 Å². The Hall–Kier alpha value is -3.54. The molecule has 0 radical (unpaired) electrons. The summed E-state index contributed by atoms with van der Waals surface area (Å²) in [6.07, 6.45) is 8.01. The summed E-state index contributed by atoms with van der Waals surface area (Å²) in [5, 5.41) is 13.5. The lowest BCUT2D eigenvalue weighted by atomic mass is 9.97. The molecule has 6 rings (SSSR count). The van der Waals surface area contributed by atoms with E-state index in [9.17, 15) is 0 Å². The van der Waals surface area contributed by atoms with Crippen LogP contribution in [0.15, 0.2) is 90.1 Å². The van der Waals surface area contributed by atoms with Crippen LogP contribution < -0.4 is 19.5 Å². The predicted octanol–water partition coefficient (Wildman–Crippen LogP) is 9.21. The monoisotopic (exact) mass is 778 g/mol. The lowest BCUT2D eigenvalue weighted by Gasteiger charge is -2.19. The molecule has 0 saturated carbocycles. The van der Waals surface area contributed by atoms with Crippen molar-refractivity contribution in [1.82, 2.24) is 20.2 Å². The van der Waals surface area contributed by atoms with Crippen LogP contribution >= 0.6 is 46.6 Å². The number of pyridine rings is 2. The van der Waals surface area contributed by atoms with Gasteiger partial charge in [0.15, 0.2) is 0 Å². The van der Waals surface area contributed by atoms with E-state index in [1.54, 1.807) is 18.0 Å². The van der Waals surface area contributed by atoms with Gasteiger partial charge in [0.25, 0.3) is 0 Å². The van der Waals surface area contributed by atoms with Crippen molar-refractivity contribution < 1.29 is 19.3 Å². The number of benzene rings is 3. The van der Waals surface area contributed by atoms with Gasteiger partial charge in [0, 0.05) is 70.3 Å². The number of rotatable bonds is 17. The van der Waals surface area contributed by atoms with Crippen molar-refractivity contribution in [3.8, 4) is 39.8 Å². The Morgan fingerprint density at radius 2 is 1.52 bits per heavy atom. The number of likely N-dealkylation sites (tertiary alicyclic amines) is 1. The van der Waals surface area contributed by atoms with Crippen molar-refractivity contribution >= 4 is 46.6 Å². The quantitative estimate of drug-likeness (QED) is 0.0709. The van der Waals surface area contributed by atoms with Crippen LogP contribution in [0.5, 0.6) is 17.5 Å². The Bertz CT molecular complexity index is 1940. The number of halogens is 3. The van der Waals surface area contributed by atoms with Crippen molar-refractivity contribution in [1.29, 1.82) is 0 Å². The summed E-state index contributed by atoms with van der Waals surface area (Å²) in [6.45, 7) is 5.00. The van der Waals surface area contributed by atoms with Gasteiger partial charge in [-0.1, -0.05) is 83.3 Å². The summed E-state index contributed by atoms with van der Waals surface area (Å²) in [4.78, 5) is 12.6. The van der Waals surface area contributed by atoms with Crippen LogP contribution in [0.1, 0.15) is 29.5 Å². The molecule has 0 bridgehead atoms. The molecule has 52 heavy (non-hydrogen) atoms. The minimum atomic E-state index is 0.0993. The molecule has 12 heteroatoms. The fraction of sp³-hybridized carbons (Fsp3) is 0.300. The largest absolute Gasteiger partial charge is 0.492 e. The molecule has 272 valence electrons.